The Morgan fingerprint density at radius 3 is 2.66 bits per heavy atom. The van der Waals surface area contributed by atoms with Crippen molar-refractivity contribution < 1.29 is 24.2 Å². The predicted octanol–water partition coefficient (Wildman–Crippen LogP) is 4.54. The van der Waals surface area contributed by atoms with Gasteiger partial charge < -0.3 is 19.5 Å². The van der Waals surface area contributed by atoms with E-state index in [4.69, 9.17) is 9.47 Å². The zero-order valence-electron chi connectivity index (χ0n) is 19.6. The summed E-state index contributed by atoms with van der Waals surface area (Å²) in [6.07, 6.45) is -0.294. The van der Waals surface area contributed by atoms with E-state index in [-0.39, 0.29) is 18.4 Å². The number of nitrogens with zero attached hydrogens (tertiary/aromatic N) is 2. The number of likely N-dealkylation sites (N-methyl/N-ethyl adjacent to an activating group) is 1. The first-order chi connectivity index (χ1) is 16.9. The third-order valence-corrected chi connectivity index (χ3v) is 6.34. The fraction of sp³-hybridized carbons (Fsp3) is 0.214. The second-order valence-electron chi connectivity index (χ2n) is 8.72. The van der Waals surface area contributed by atoms with Crippen LogP contribution in [-0.4, -0.2) is 47.9 Å². The summed E-state index contributed by atoms with van der Waals surface area (Å²) < 4.78 is 13.7. The number of hydrogen-bond acceptors (Lipinski definition) is 5. The average Bonchev–Trinajstić information content (AvgIpc) is 3.13. The van der Waals surface area contributed by atoms with Crippen LogP contribution in [-0.2, 0) is 11.2 Å². The molecule has 0 radical (unpaired) electrons. The number of anilines is 1. The van der Waals surface area contributed by atoms with Crippen LogP contribution in [0, 0.1) is 6.92 Å². The summed E-state index contributed by atoms with van der Waals surface area (Å²) in [6, 6.07) is 22.3. The van der Waals surface area contributed by atoms with E-state index in [1.165, 1.54) is 0 Å². The standard InChI is InChI=1S/C28H26N2O5/c1-18-23(15-27(31)32)22-10-3-4-11-24(22)30(18)28(33)19-8-7-9-20(14-19)34-17-21-16-29(2)25-12-5-6-13-26(25)35-21/h3-14,21H,15-17H2,1-2H3,(H,31,32)/t21-/m0/s1. The van der Waals surface area contributed by atoms with Crippen LogP contribution in [0.3, 0.4) is 0 Å². The number of carbonyl (C=O) groups excluding carboxylic acids is 1. The summed E-state index contributed by atoms with van der Waals surface area (Å²) in [6.45, 7) is 2.81. The molecule has 2 heterocycles. The Kier molecular flexibility index (Phi) is 5.91. The lowest BCUT2D eigenvalue weighted by Gasteiger charge is -2.33. The maximum atomic E-state index is 13.5. The van der Waals surface area contributed by atoms with Gasteiger partial charge in [-0.25, -0.2) is 0 Å². The predicted molar refractivity (Wildman–Crippen MR) is 134 cm³/mol. The Labute approximate surface area is 203 Å². The molecule has 3 aromatic carbocycles. The van der Waals surface area contributed by atoms with Crippen LogP contribution in [0.1, 0.15) is 21.6 Å². The largest absolute Gasteiger partial charge is 0.490 e. The van der Waals surface area contributed by atoms with Crippen LogP contribution in [0.4, 0.5) is 5.69 Å². The van der Waals surface area contributed by atoms with Gasteiger partial charge in [-0.05, 0) is 48.9 Å². The molecule has 7 heteroatoms. The average molecular weight is 471 g/mol. The van der Waals surface area contributed by atoms with E-state index in [1.54, 1.807) is 29.7 Å². The van der Waals surface area contributed by atoms with E-state index in [0.29, 0.717) is 41.2 Å². The van der Waals surface area contributed by atoms with E-state index < -0.39 is 5.97 Å². The first kappa shape index (κ1) is 22.5. The minimum absolute atomic E-state index is 0.144. The number of fused-ring (bicyclic) bond motifs is 2. The number of aromatic nitrogens is 1. The molecular formula is C28H26N2O5. The van der Waals surface area contributed by atoms with E-state index in [0.717, 1.165) is 16.8 Å². The second kappa shape index (κ2) is 9.18. The Balaban J connectivity index is 1.37. The lowest BCUT2D eigenvalue weighted by atomic mass is 10.1. The SMILES string of the molecule is Cc1c(CC(=O)O)c2ccccc2n1C(=O)c1cccc(OC[C@@H]2CN(C)c3ccccc3O2)c1. The van der Waals surface area contributed by atoms with Crippen LogP contribution >= 0.6 is 0 Å². The lowest BCUT2D eigenvalue weighted by Crippen LogP contribution is -2.41. The highest BCUT2D eigenvalue weighted by molar-refractivity contribution is 6.04. The molecule has 0 spiro atoms. The Morgan fingerprint density at radius 2 is 1.83 bits per heavy atom. The fourth-order valence-corrected chi connectivity index (χ4v) is 4.69. The number of aliphatic carboxylic acids is 1. The summed E-state index contributed by atoms with van der Waals surface area (Å²) in [7, 11) is 2.02. The van der Waals surface area contributed by atoms with E-state index >= 15 is 0 Å². The fourth-order valence-electron chi connectivity index (χ4n) is 4.69. The zero-order chi connectivity index (χ0) is 24.5. The van der Waals surface area contributed by atoms with Gasteiger partial charge in [0.05, 0.1) is 24.2 Å². The summed E-state index contributed by atoms with van der Waals surface area (Å²) in [5, 5.41) is 10.1. The highest BCUT2D eigenvalue weighted by atomic mass is 16.5. The monoisotopic (exact) mass is 470 g/mol. The lowest BCUT2D eigenvalue weighted by molar-refractivity contribution is -0.136. The third-order valence-electron chi connectivity index (χ3n) is 6.34. The van der Waals surface area contributed by atoms with Crippen LogP contribution in [0.2, 0.25) is 0 Å². The molecule has 0 bridgehead atoms. The molecule has 5 rings (SSSR count). The van der Waals surface area contributed by atoms with Crippen LogP contribution in [0.25, 0.3) is 10.9 Å². The molecule has 1 N–H and O–H groups in total. The number of rotatable bonds is 6. The molecule has 4 aromatic rings. The zero-order valence-corrected chi connectivity index (χ0v) is 19.6. The number of ether oxygens (including phenoxy) is 2. The van der Waals surface area contributed by atoms with Gasteiger partial charge >= 0.3 is 5.97 Å². The molecular weight excluding hydrogens is 444 g/mol. The van der Waals surface area contributed by atoms with Gasteiger partial charge in [0.25, 0.3) is 5.91 Å². The molecule has 0 unspecified atom stereocenters. The maximum absolute atomic E-state index is 13.5. The molecule has 1 aliphatic heterocycles. The summed E-state index contributed by atoms with van der Waals surface area (Å²) in [4.78, 5) is 27.1. The number of carbonyl (C=O) groups is 2. The van der Waals surface area contributed by atoms with Crippen molar-refractivity contribution in [3.8, 4) is 11.5 Å². The number of hydrogen-bond donors (Lipinski definition) is 1. The van der Waals surface area contributed by atoms with Crippen molar-refractivity contribution in [2.45, 2.75) is 19.4 Å². The summed E-state index contributed by atoms with van der Waals surface area (Å²) in [5.74, 6) is 0.229. The van der Waals surface area contributed by atoms with Crippen molar-refractivity contribution in [1.82, 2.24) is 4.57 Å². The van der Waals surface area contributed by atoms with Crippen molar-refractivity contribution in [3.05, 3.63) is 89.6 Å². The van der Waals surface area contributed by atoms with Crippen molar-refractivity contribution in [3.63, 3.8) is 0 Å². The van der Waals surface area contributed by atoms with Crippen LogP contribution < -0.4 is 14.4 Å². The van der Waals surface area contributed by atoms with Gasteiger partial charge in [-0.2, -0.15) is 0 Å². The van der Waals surface area contributed by atoms with E-state index in [2.05, 4.69) is 4.90 Å². The normalized spacial score (nSPS) is 14.9. The molecule has 0 saturated carbocycles. The summed E-state index contributed by atoms with van der Waals surface area (Å²) in [5.41, 5.74) is 3.47. The van der Waals surface area contributed by atoms with E-state index in [9.17, 15) is 14.7 Å². The Morgan fingerprint density at radius 1 is 1.06 bits per heavy atom. The molecule has 0 saturated heterocycles. The van der Waals surface area contributed by atoms with Gasteiger partial charge in [0.1, 0.15) is 24.2 Å². The number of carboxylic acid groups (broad SMARTS) is 1. The molecule has 1 aliphatic rings. The van der Waals surface area contributed by atoms with Gasteiger partial charge in [0, 0.05) is 23.7 Å². The molecule has 0 aliphatic carbocycles. The number of para-hydroxylation sites is 3. The molecule has 0 fully saturated rings. The van der Waals surface area contributed by atoms with Crippen molar-refractivity contribution in [1.29, 1.82) is 0 Å². The van der Waals surface area contributed by atoms with Gasteiger partial charge in [-0.1, -0.05) is 36.4 Å². The smallest absolute Gasteiger partial charge is 0.307 e. The van der Waals surface area contributed by atoms with Crippen molar-refractivity contribution >= 4 is 28.5 Å². The van der Waals surface area contributed by atoms with Gasteiger partial charge in [0.2, 0.25) is 0 Å². The minimum Gasteiger partial charge on any atom is -0.490 e. The molecule has 1 atom stereocenters. The second-order valence-corrected chi connectivity index (χ2v) is 8.72. The van der Waals surface area contributed by atoms with E-state index in [1.807, 2.05) is 61.6 Å². The van der Waals surface area contributed by atoms with Crippen LogP contribution in [0.15, 0.2) is 72.8 Å². The first-order valence-corrected chi connectivity index (χ1v) is 11.5. The molecule has 1 aromatic heterocycles. The molecule has 0 amide bonds. The van der Waals surface area contributed by atoms with Gasteiger partial charge in [-0.3, -0.25) is 14.2 Å². The topological polar surface area (TPSA) is 81.0 Å². The summed E-state index contributed by atoms with van der Waals surface area (Å²) >= 11 is 0. The Bertz CT molecular complexity index is 1420. The highest BCUT2D eigenvalue weighted by Gasteiger charge is 2.24. The van der Waals surface area contributed by atoms with Gasteiger partial charge in [-0.15, -0.1) is 0 Å². The minimum atomic E-state index is -0.933. The first-order valence-electron chi connectivity index (χ1n) is 11.5. The molecule has 35 heavy (non-hydrogen) atoms. The number of carboxylic acids is 1. The van der Waals surface area contributed by atoms with Gasteiger partial charge in [0.15, 0.2) is 0 Å². The quantitative estimate of drug-likeness (QED) is 0.446. The van der Waals surface area contributed by atoms with Crippen molar-refractivity contribution in [2.75, 3.05) is 25.1 Å². The highest BCUT2D eigenvalue weighted by Crippen LogP contribution is 2.32. The number of benzene rings is 3. The molecule has 7 nitrogen and oxygen atoms in total. The Hall–Kier alpha value is -4.26. The maximum Gasteiger partial charge on any atom is 0.307 e. The van der Waals surface area contributed by atoms with Crippen LogP contribution in [0.5, 0.6) is 11.5 Å². The molecule has 178 valence electrons. The third kappa shape index (κ3) is 4.33. The van der Waals surface area contributed by atoms with Crippen molar-refractivity contribution in [2.24, 2.45) is 0 Å².